The summed E-state index contributed by atoms with van der Waals surface area (Å²) in [5.41, 5.74) is 1.90. The standard InChI is InChI=1S/C14H8Cl4N2/c15-11-3-4-12(16)14(18)10(11)7-20-9-2-1-8(6-19)13(17)5-9/h1-5,20H,7H2. The SMILES string of the molecule is N#Cc1ccc(NCc2c(Cl)ccc(Cl)c2Cl)cc1Cl. The van der Waals surface area contributed by atoms with E-state index in [9.17, 15) is 0 Å². The molecule has 0 saturated carbocycles. The van der Waals surface area contributed by atoms with E-state index in [0.29, 0.717) is 37.8 Å². The van der Waals surface area contributed by atoms with Gasteiger partial charge in [0.1, 0.15) is 6.07 Å². The molecule has 0 aliphatic carbocycles. The number of halogens is 4. The molecule has 0 atom stereocenters. The number of hydrogen-bond acceptors (Lipinski definition) is 2. The molecule has 0 fully saturated rings. The van der Waals surface area contributed by atoms with E-state index in [4.69, 9.17) is 51.7 Å². The first-order chi connectivity index (χ1) is 9.52. The highest BCUT2D eigenvalue weighted by Crippen LogP contribution is 2.32. The fourth-order valence-corrected chi connectivity index (χ4v) is 2.54. The monoisotopic (exact) mass is 344 g/mol. The van der Waals surface area contributed by atoms with Crippen molar-refractivity contribution in [2.45, 2.75) is 6.54 Å². The highest BCUT2D eigenvalue weighted by Gasteiger charge is 2.09. The highest BCUT2D eigenvalue weighted by molar-refractivity contribution is 6.44. The van der Waals surface area contributed by atoms with Gasteiger partial charge in [-0.1, -0.05) is 46.4 Å². The molecular formula is C14H8Cl4N2. The largest absolute Gasteiger partial charge is 0.381 e. The van der Waals surface area contributed by atoms with E-state index >= 15 is 0 Å². The van der Waals surface area contributed by atoms with Gasteiger partial charge in [-0.15, -0.1) is 0 Å². The Morgan fingerprint density at radius 1 is 0.950 bits per heavy atom. The lowest BCUT2D eigenvalue weighted by molar-refractivity contribution is 1.15. The molecule has 0 saturated heterocycles. The van der Waals surface area contributed by atoms with Crippen LogP contribution in [-0.2, 0) is 6.54 Å². The van der Waals surface area contributed by atoms with Crippen molar-refractivity contribution in [2.24, 2.45) is 0 Å². The van der Waals surface area contributed by atoms with Crippen molar-refractivity contribution < 1.29 is 0 Å². The first-order valence-electron chi connectivity index (χ1n) is 5.59. The molecule has 0 spiro atoms. The first kappa shape index (κ1) is 15.3. The van der Waals surface area contributed by atoms with Gasteiger partial charge in [-0.2, -0.15) is 5.26 Å². The molecule has 20 heavy (non-hydrogen) atoms. The van der Waals surface area contributed by atoms with Crippen LogP contribution in [0.4, 0.5) is 5.69 Å². The van der Waals surface area contributed by atoms with Crippen LogP contribution in [0.5, 0.6) is 0 Å². The molecule has 2 aromatic carbocycles. The van der Waals surface area contributed by atoms with Gasteiger partial charge in [-0.25, -0.2) is 0 Å². The normalized spacial score (nSPS) is 10.2. The molecule has 0 aliphatic heterocycles. The maximum absolute atomic E-state index is 8.82. The fourth-order valence-electron chi connectivity index (χ4n) is 1.64. The Bertz CT molecular complexity index is 692. The number of nitrogens with one attached hydrogen (secondary N) is 1. The summed E-state index contributed by atoms with van der Waals surface area (Å²) in [6.07, 6.45) is 0. The van der Waals surface area contributed by atoms with Crippen molar-refractivity contribution in [1.82, 2.24) is 0 Å². The third-order valence-electron chi connectivity index (χ3n) is 2.70. The molecule has 2 aromatic rings. The van der Waals surface area contributed by atoms with Crippen molar-refractivity contribution in [2.75, 3.05) is 5.32 Å². The van der Waals surface area contributed by atoms with E-state index < -0.39 is 0 Å². The predicted octanol–water partition coefficient (Wildman–Crippen LogP) is 5.78. The van der Waals surface area contributed by atoms with Gasteiger partial charge in [-0.05, 0) is 30.3 Å². The van der Waals surface area contributed by atoms with Gasteiger partial charge in [0, 0.05) is 22.8 Å². The second-order valence-electron chi connectivity index (χ2n) is 3.98. The molecule has 102 valence electrons. The van der Waals surface area contributed by atoms with Crippen LogP contribution < -0.4 is 5.32 Å². The minimum Gasteiger partial charge on any atom is -0.381 e. The van der Waals surface area contributed by atoms with Crippen LogP contribution in [-0.4, -0.2) is 0 Å². The maximum atomic E-state index is 8.82. The van der Waals surface area contributed by atoms with Crippen LogP contribution in [0.15, 0.2) is 30.3 Å². The number of anilines is 1. The minimum absolute atomic E-state index is 0.390. The van der Waals surface area contributed by atoms with E-state index in [-0.39, 0.29) is 0 Å². The Hall–Kier alpha value is -1.11. The van der Waals surface area contributed by atoms with E-state index in [0.717, 1.165) is 5.69 Å². The molecule has 0 bridgehead atoms. The second kappa shape index (κ2) is 6.56. The zero-order valence-corrected chi connectivity index (χ0v) is 13.1. The molecule has 0 heterocycles. The Labute approximate surface area is 136 Å². The van der Waals surface area contributed by atoms with Gasteiger partial charge in [0.2, 0.25) is 0 Å². The van der Waals surface area contributed by atoms with Crippen LogP contribution in [0.3, 0.4) is 0 Å². The molecule has 0 aromatic heterocycles. The van der Waals surface area contributed by atoms with Gasteiger partial charge >= 0.3 is 0 Å². The Morgan fingerprint density at radius 2 is 1.65 bits per heavy atom. The lowest BCUT2D eigenvalue weighted by Crippen LogP contribution is -2.01. The first-order valence-corrected chi connectivity index (χ1v) is 7.10. The minimum atomic E-state index is 0.390. The maximum Gasteiger partial charge on any atom is 0.101 e. The summed E-state index contributed by atoms with van der Waals surface area (Å²) in [5, 5.41) is 13.8. The van der Waals surface area contributed by atoms with E-state index in [1.54, 1.807) is 30.3 Å². The second-order valence-corrected chi connectivity index (χ2v) is 5.58. The Kier molecular flexibility index (Phi) is 5.01. The molecular weight excluding hydrogens is 338 g/mol. The van der Waals surface area contributed by atoms with Crippen molar-refractivity contribution in [3.8, 4) is 6.07 Å². The summed E-state index contributed by atoms with van der Waals surface area (Å²) in [4.78, 5) is 0. The van der Waals surface area contributed by atoms with Gasteiger partial charge in [-0.3, -0.25) is 0 Å². The number of hydrogen-bond donors (Lipinski definition) is 1. The number of benzene rings is 2. The van der Waals surface area contributed by atoms with Crippen molar-refractivity contribution in [3.63, 3.8) is 0 Å². The molecule has 1 N–H and O–H groups in total. The third kappa shape index (κ3) is 3.31. The van der Waals surface area contributed by atoms with Gasteiger partial charge in [0.15, 0.2) is 0 Å². The molecule has 0 aliphatic rings. The molecule has 0 unspecified atom stereocenters. The predicted molar refractivity (Wildman–Crippen MR) is 85.0 cm³/mol. The number of nitriles is 1. The van der Waals surface area contributed by atoms with Crippen LogP contribution in [0.2, 0.25) is 20.1 Å². The molecule has 2 rings (SSSR count). The van der Waals surface area contributed by atoms with Crippen LogP contribution >= 0.6 is 46.4 Å². The van der Waals surface area contributed by atoms with E-state index in [1.165, 1.54) is 0 Å². The average molecular weight is 346 g/mol. The van der Waals surface area contributed by atoms with Crippen molar-refractivity contribution in [1.29, 1.82) is 5.26 Å². The van der Waals surface area contributed by atoms with Crippen LogP contribution in [0, 0.1) is 11.3 Å². The summed E-state index contributed by atoms with van der Waals surface area (Å²) < 4.78 is 0. The number of rotatable bonds is 3. The van der Waals surface area contributed by atoms with Crippen LogP contribution in [0.25, 0.3) is 0 Å². The van der Waals surface area contributed by atoms with Crippen LogP contribution in [0.1, 0.15) is 11.1 Å². The summed E-state index contributed by atoms with van der Waals surface area (Å²) in [6, 6.07) is 10.4. The molecule has 6 heteroatoms. The number of nitrogens with zero attached hydrogens (tertiary/aromatic N) is 1. The quantitative estimate of drug-likeness (QED) is 0.715. The molecule has 2 nitrogen and oxygen atoms in total. The summed E-state index contributed by atoms with van der Waals surface area (Å²) in [6.45, 7) is 0.403. The van der Waals surface area contributed by atoms with Gasteiger partial charge < -0.3 is 5.32 Å². The zero-order chi connectivity index (χ0) is 14.7. The lowest BCUT2D eigenvalue weighted by Gasteiger charge is -2.11. The summed E-state index contributed by atoms with van der Waals surface area (Å²) >= 11 is 24.1. The van der Waals surface area contributed by atoms with Crippen molar-refractivity contribution >= 4 is 52.1 Å². The molecule has 0 amide bonds. The zero-order valence-electron chi connectivity index (χ0n) is 10.1. The van der Waals surface area contributed by atoms with Gasteiger partial charge in [0.05, 0.1) is 20.6 Å². The average Bonchev–Trinajstić information content (AvgIpc) is 2.43. The van der Waals surface area contributed by atoms with Gasteiger partial charge in [0.25, 0.3) is 0 Å². The lowest BCUT2D eigenvalue weighted by atomic mass is 10.2. The smallest absolute Gasteiger partial charge is 0.101 e. The highest BCUT2D eigenvalue weighted by atomic mass is 35.5. The summed E-state index contributed by atoms with van der Waals surface area (Å²) in [5.74, 6) is 0. The van der Waals surface area contributed by atoms with Crippen molar-refractivity contribution in [3.05, 3.63) is 61.5 Å². The fraction of sp³-hybridized carbons (Fsp3) is 0.0714. The third-order valence-corrected chi connectivity index (χ3v) is 4.21. The topological polar surface area (TPSA) is 35.8 Å². The van der Waals surface area contributed by atoms with E-state index in [2.05, 4.69) is 5.32 Å². The van der Waals surface area contributed by atoms with E-state index in [1.807, 2.05) is 6.07 Å². The Balaban J connectivity index is 2.20. The molecule has 0 radical (unpaired) electrons. The Morgan fingerprint density at radius 3 is 2.30 bits per heavy atom. The summed E-state index contributed by atoms with van der Waals surface area (Å²) in [7, 11) is 0.